The first kappa shape index (κ1) is 18.1. The average Bonchev–Trinajstić information content (AvgIpc) is 3.53. The highest BCUT2D eigenvalue weighted by atomic mass is 16.3. The van der Waals surface area contributed by atoms with Crippen molar-refractivity contribution in [3.8, 4) is 0 Å². The number of hydrogen-bond donors (Lipinski definition) is 1. The van der Waals surface area contributed by atoms with Crippen LogP contribution in [0.2, 0.25) is 0 Å². The van der Waals surface area contributed by atoms with Crippen LogP contribution in [-0.4, -0.2) is 17.0 Å². The average molecular weight is 389 g/mol. The number of fused-ring (bicyclic) bond motifs is 4. The number of benzene rings is 1. The van der Waals surface area contributed by atoms with E-state index < -0.39 is 0 Å². The van der Waals surface area contributed by atoms with Gasteiger partial charge in [-0.2, -0.15) is 0 Å². The minimum absolute atomic E-state index is 0.0285. The van der Waals surface area contributed by atoms with Crippen LogP contribution in [0.5, 0.6) is 0 Å². The molecule has 2 nitrogen and oxygen atoms in total. The quantitative estimate of drug-likeness (QED) is 0.693. The Morgan fingerprint density at radius 2 is 1.83 bits per heavy atom. The van der Waals surface area contributed by atoms with Gasteiger partial charge < -0.3 is 5.11 Å². The Morgan fingerprint density at radius 1 is 1.00 bits per heavy atom. The van der Waals surface area contributed by atoms with Gasteiger partial charge in [0, 0.05) is 12.3 Å². The third-order valence-corrected chi connectivity index (χ3v) is 9.04. The van der Waals surface area contributed by atoms with Crippen molar-refractivity contribution in [1.82, 2.24) is 0 Å². The fourth-order valence-electron chi connectivity index (χ4n) is 7.38. The predicted octanol–water partition coefficient (Wildman–Crippen LogP) is 5.82. The predicted molar refractivity (Wildman–Crippen MR) is 115 cm³/mol. The minimum atomic E-state index is -0.168. The van der Waals surface area contributed by atoms with Gasteiger partial charge in [0.15, 0.2) is 5.78 Å². The number of carbonyl (C=O) groups excluding carboxylic acids is 1. The maximum Gasteiger partial charge on any atom is 0.156 e. The van der Waals surface area contributed by atoms with Gasteiger partial charge in [-0.15, -0.1) is 0 Å². The van der Waals surface area contributed by atoms with Gasteiger partial charge >= 0.3 is 0 Å². The summed E-state index contributed by atoms with van der Waals surface area (Å²) < 4.78 is 0. The molecule has 0 amide bonds. The number of allylic oxidation sites excluding steroid dienone is 4. The van der Waals surface area contributed by atoms with Gasteiger partial charge in [-0.25, -0.2) is 0 Å². The molecule has 5 aliphatic carbocycles. The number of rotatable bonds is 2. The highest BCUT2D eigenvalue weighted by Crippen LogP contribution is 2.64. The molecule has 1 aromatic rings. The summed E-state index contributed by atoms with van der Waals surface area (Å²) in [5.74, 6) is 2.66. The molecule has 0 heterocycles. The molecule has 0 saturated heterocycles. The van der Waals surface area contributed by atoms with Gasteiger partial charge in [0.25, 0.3) is 0 Å². The van der Waals surface area contributed by atoms with Gasteiger partial charge in [-0.3, -0.25) is 4.79 Å². The second-order valence-corrected chi connectivity index (χ2v) is 10.6. The Morgan fingerprint density at radius 3 is 2.66 bits per heavy atom. The van der Waals surface area contributed by atoms with E-state index in [1.165, 1.54) is 35.1 Å². The highest BCUT2D eigenvalue weighted by molar-refractivity contribution is 5.93. The first-order valence-electron chi connectivity index (χ1n) is 11.8. The number of aliphatic hydroxyl groups excluding tert-OH is 1. The van der Waals surface area contributed by atoms with Gasteiger partial charge in [-0.1, -0.05) is 36.8 Å². The Labute approximate surface area is 174 Å². The fraction of sp³-hybridized carbons (Fsp3) is 0.593. The molecular weight excluding hydrogens is 356 g/mol. The molecule has 29 heavy (non-hydrogen) atoms. The molecule has 0 aliphatic heterocycles. The molecular formula is C27H32O2. The molecule has 5 atom stereocenters. The molecule has 3 saturated carbocycles. The van der Waals surface area contributed by atoms with Crippen LogP contribution in [0, 0.1) is 17.3 Å². The van der Waals surface area contributed by atoms with E-state index in [9.17, 15) is 9.90 Å². The second kappa shape index (κ2) is 6.41. The van der Waals surface area contributed by atoms with E-state index >= 15 is 0 Å². The highest BCUT2D eigenvalue weighted by Gasteiger charge is 2.56. The van der Waals surface area contributed by atoms with Crippen molar-refractivity contribution in [2.24, 2.45) is 17.3 Å². The summed E-state index contributed by atoms with van der Waals surface area (Å²) >= 11 is 0. The van der Waals surface area contributed by atoms with Crippen molar-refractivity contribution in [1.29, 1.82) is 0 Å². The zero-order valence-electron chi connectivity index (χ0n) is 17.5. The largest absolute Gasteiger partial charge is 0.393 e. The van der Waals surface area contributed by atoms with Crippen molar-refractivity contribution >= 4 is 5.78 Å². The first-order valence-corrected chi connectivity index (χ1v) is 11.8. The van der Waals surface area contributed by atoms with Crippen LogP contribution in [0.15, 0.2) is 47.1 Å². The summed E-state index contributed by atoms with van der Waals surface area (Å²) in [5.41, 5.74) is 7.50. The van der Waals surface area contributed by atoms with Gasteiger partial charge in [0.2, 0.25) is 0 Å². The third-order valence-electron chi connectivity index (χ3n) is 9.04. The van der Waals surface area contributed by atoms with E-state index in [-0.39, 0.29) is 11.5 Å². The van der Waals surface area contributed by atoms with Crippen LogP contribution >= 0.6 is 0 Å². The van der Waals surface area contributed by atoms with Crippen molar-refractivity contribution in [2.45, 2.75) is 82.7 Å². The van der Waals surface area contributed by atoms with Gasteiger partial charge in [-0.05, 0) is 103 Å². The number of ketones is 1. The van der Waals surface area contributed by atoms with E-state index in [1.807, 2.05) is 6.08 Å². The number of hydrogen-bond acceptors (Lipinski definition) is 2. The van der Waals surface area contributed by atoms with Crippen LogP contribution in [0.4, 0.5) is 0 Å². The summed E-state index contributed by atoms with van der Waals surface area (Å²) in [6.45, 7) is 2.37. The number of aliphatic hydroxyl groups is 1. The molecule has 5 unspecified atom stereocenters. The van der Waals surface area contributed by atoms with E-state index in [2.05, 4.69) is 31.2 Å². The molecule has 0 spiro atoms. The maximum absolute atomic E-state index is 12.1. The maximum atomic E-state index is 12.1. The van der Waals surface area contributed by atoms with E-state index in [1.54, 1.807) is 5.57 Å². The Kier molecular flexibility index (Phi) is 4.01. The zero-order chi connectivity index (χ0) is 19.8. The normalized spacial score (nSPS) is 39.0. The molecule has 0 aromatic heterocycles. The summed E-state index contributed by atoms with van der Waals surface area (Å²) in [6.07, 6.45) is 11.4. The SMILES string of the molecule is CC12CC(c3cccc(C4CC4)c3)C3=C4CCC(=O)C=C4CCC3C1CCC2O. The minimum Gasteiger partial charge on any atom is -0.393 e. The van der Waals surface area contributed by atoms with E-state index in [0.717, 1.165) is 44.4 Å². The molecule has 2 heteroatoms. The van der Waals surface area contributed by atoms with Crippen LogP contribution in [0.3, 0.4) is 0 Å². The van der Waals surface area contributed by atoms with Crippen LogP contribution < -0.4 is 0 Å². The Hall–Kier alpha value is -1.67. The summed E-state index contributed by atoms with van der Waals surface area (Å²) in [7, 11) is 0. The van der Waals surface area contributed by atoms with Gasteiger partial charge in [0.1, 0.15) is 0 Å². The second-order valence-electron chi connectivity index (χ2n) is 10.6. The molecule has 1 N–H and O–H groups in total. The first-order chi connectivity index (χ1) is 14.0. The molecule has 5 aliphatic rings. The lowest BCUT2D eigenvalue weighted by Crippen LogP contribution is -2.45. The molecule has 3 fully saturated rings. The summed E-state index contributed by atoms with van der Waals surface area (Å²) in [4.78, 5) is 12.1. The summed E-state index contributed by atoms with van der Waals surface area (Å²) in [5, 5.41) is 11.0. The molecule has 0 bridgehead atoms. The van der Waals surface area contributed by atoms with E-state index in [0.29, 0.717) is 30.0 Å². The standard InChI is InChI=1S/C27H32O2/c1-27-15-23(18-4-2-3-17(13-18)16-5-6-16)26-21-10-8-20(28)14-19(21)7-9-22(26)24(27)11-12-25(27)29/h2-4,13-14,16,22-25,29H,5-12,15H2,1H3. The Bertz CT molecular complexity index is 934. The van der Waals surface area contributed by atoms with Crippen molar-refractivity contribution in [3.05, 3.63) is 58.2 Å². The lowest BCUT2D eigenvalue weighted by molar-refractivity contribution is -0.114. The molecule has 0 radical (unpaired) electrons. The van der Waals surface area contributed by atoms with Crippen LogP contribution in [0.25, 0.3) is 0 Å². The topological polar surface area (TPSA) is 37.3 Å². The van der Waals surface area contributed by atoms with Crippen LogP contribution in [-0.2, 0) is 4.79 Å². The van der Waals surface area contributed by atoms with Crippen LogP contribution in [0.1, 0.15) is 87.7 Å². The third kappa shape index (κ3) is 2.75. The monoisotopic (exact) mass is 388 g/mol. The van der Waals surface area contributed by atoms with Crippen molar-refractivity contribution in [2.75, 3.05) is 0 Å². The summed E-state index contributed by atoms with van der Waals surface area (Å²) in [6, 6.07) is 9.37. The molecule has 1 aromatic carbocycles. The number of carbonyl (C=O) groups is 1. The fourth-order valence-corrected chi connectivity index (χ4v) is 7.38. The lowest BCUT2D eigenvalue weighted by Gasteiger charge is -2.52. The van der Waals surface area contributed by atoms with Gasteiger partial charge in [0.05, 0.1) is 6.10 Å². The molecule has 152 valence electrons. The van der Waals surface area contributed by atoms with Crippen molar-refractivity contribution in [3.63, 3.8) is 0 Å². The lowest BCUT2D eigenvalue weighted by atomic mass is 9.53. The molecule has 6 rings (SSSR count). The zero-order valence-corrected chi connectivity index (χ0v) is 17.5. The van der Waals surface area contributed by atoms with E-state index in [4.69, 9.17) is 0 Å². The smallest absolute Gasteiger partial charge is 0.156 e. The Balaban J connectivity index is 1.51. The van der Waals surface area contributed by atoms with Crippen molar-refractivity contribution < 1.29 is 9.90 Å².